The lowest BCUT2D eigenvalue weighted by atomic mass is 10.1. The number of rotatable bonds is 3. The average Bonchev–Trinajstić information content (AvgIpc) is 2.50. The molecule has 19 heavy (non-hydrogen) atoms. The molecule has 0 saturated carbocycles. The van der Waals surface area contributed by atoms with Gasteiger partial charge in [-0.1, -0.05) is 48.5 Å². The van der Waals surface area contributed by atoms with Crippen LogP contribution in [0, 0.1) is 0 Å². The van der Waals surface area contributed by atoms with Crippen LogP contribution < -0.4 is 9.57 Å². The lowest BCUT2D eigenvalue weighted by molar-refractivity contribution is -0.875. The Balaban J connectivity index is 1.80. The van der Waals surface area contributed by atoms with Gasteiger partial charge in [0.15, 0.2) is 0 Å². The molecule has 1 heterocycles. The van der Waals surface area contributed by atoms with Crippen LogP contribution in [0.5, 0.6) is 5.75 Å². The molecule has 2 nitrogen and oxygen atoms in total. The number of pyridine rings is 1. The third-order valence-corrected chi connectivity index (χ3v) is 2.86. The van der Waals surface area contributed by atoms with Gasteiger partial charge >= 0.3 is 0 Å². The zero-order chi connectivity index (χ0) is 12.9. The van der Waals surface area contributed by atoms with E-state index in [9.17, 15) is 0 Å². The average molecular weight is 248 g/mol. The predicted molar refractivity (Wildman–Crippen MR) is 74.5 cm³/mol. The Kier molecular flexibility index (Phi) is 3.24. The van der Waals surface area contributed by atoms with E-state index in [-0.39, 0.29) is 0 Å². The molecule has 0 N–H and O–H groups in total. The van der Waals surface area contributed by atoms with Crippen LogP contribution in [-0.4, -0.2) is 0 Å². The second kappa shape index (κ2) is 5.36. The molecule has 0 unspecified atom stereocenters. The van der Waals surface area contributed by atoms with Gasteiger partial charge in [0.2, 0.25) is 18.1 Å². The molecule has 0 aliphatic heterocycles. The number of aromatic nitrogens is 1. The highest BCUT2D eigenvalue weighted by atomic mass is 16.7. The van der Waals surface area contributed by atoms with Crippen molar-refractivity contribution in [3.05, 3.63) is 85.2 Å². The fraction of sp³-hybridized carbons (Fsp3) is 0. The van der Waals surface area contributed by atoms with Gasteiger partial charge < -0.3 is 0 Å². The highest BCUT2D eigenvalue weighted by molar-refractivity contribution is 5.63. The van der Waals surface area contributed by atoms with Crippen LogP contribution >= 0.6 is 0 Å². The Morgan fingerprint density at radius 1 is 0.579 bits per heavy atom. The Labute approximate surface area is 112 Å². The SMILES string of the molecule is c1ccc(-c2ccc(O[n+]3ccccc3)cc2)cc1. The van der Waals surface area contributed by atoms with E-state index in [0.29, 0.717) is 0 Å². The molecule has 92 valence electrons. The zero-order valence-electron chi connectivity index (χ0n) is 10.4. The zero-order valence-corrected chi connectivity index (χ0v) is 10.4. The third-order valence-electron chi connectivity index (χ3n) is 2.86. The molecule has 3 rings (SSSR count). The van der Waals surface area contributed by atoms with Gasteiger partial charge in [0.1, 0.15) is 0 Å². The molecule has 2 heteroatoms. The minimum absolute atomic E-state index is 0.816. The summed E-state index contributed by atoms with van der Waals surface area (Å²) < 4.78 is 1.68. The Morgan fingerprint density at radius 2 is 1.16 bits per heavy atom. The van der Waals surface area contributed by atoms with E-state index in [2.05, 4.69) is 24.3 Å². The normalized spacial score (nSPS) is 10.1. The summed E-state index contributed by atoms with van der Waals surface area (Å²) in [6, 6.07) is 24.2. The van der Waals surface area contributed by atoms with Gasteiger partial charge in [-0.05, 0) is 23.3 Å². The van der Waals surface area contributed by atoms with Crippen LogP contribution in [0.2, 0.25) is 0 Å². The van der Waals surface area contributed by atoms with E-state index in [4.69, 9.17) is 4.84 Å². The van der Waals surface area contributed by atoms with Crippen LogP contribution in [0.1, 0.15) is 0 Å². The van der Waals surface area contributed by atoms with Crippen molar-refractivity contribution in [1.29, 1.82) is 0 Å². The molecule has 1 aromatic heterocycles. The van der Waals surface area contributed by atoms with Crippen molar-refractivity contribution in [2.24, 2.45) is 0 Å². The second-order valence-corrected chi connectivity index (χ2v) is 4.22. The van der Waals surface area contributed by atoms with Crippen molar-refractivity contribution in [3.63, 3.8) is 0 Å². The molecule has 0 aliphatic rings. The van der Waals surface area contributed by atoms with Crippen molar-refractivity contribution in [3.8, 4) is 16.9 Å². The molecular weight excluding hydrogens is 234 g/mol. The molecule has 0 radical (unpaired) electrons. The maximum atomic E-state index is 5.69. The topological polar surface area (TPSA) is 13.1 Å². The van der Waals surface area contributed by atoms with Gasteiger partial charge in [-0.2, -0.15) is 0 Å². The van der Waals surface area contributed by atoms with Crippen LogP contribution in [-0.2, 0) is 0 Å². The minimum atomic E-state index is 0.816. The number of nitrogens with zero attached hydrogens (tertiary/aromatic N) is 1. The van der Waals surface area contributed by atoms with Gasteiger partial charge in [0, 0.05) is 16.9 Å². The monoisotopic (exact) mass is 248 g/mol. The molecule has 2 aromatic carbocycles. The van der Waals surface area contributed by atoms with E-state index in [1.54, 1.807) is 4.73 Å². The van der Waals surface area contributed by atoms with Crippen molar-refractivity contribution in [2.45, 2.75) is 0 Å². The molecule has 0 aliphatic carbocycles. The number of hydrogen-bond acceptors (Lipinski definition) is 1. The summed E-state index contributed by atoms with van der Waals surface area (Å²) >= 11 is 0. The van der Waals surface area contributed by atoms with E-state index < -0.39 is 0 Å². The molecule has 0 saturated heterocycles. The van der Waals surface area contributed by atoms with Crippen molar-refractivity contribution < 1.29 is 9.57 Å². The smallest absolute Gasteiger partial charge is 0.223 e. The van der Waals surface area contributed by atoms with E-state index >= 15 is 0 Å². The van der Waals surface area contributed by atoms with E-state index in [1.807, 2.05) is 60.9 Å². The number of hydrogen-bond donors (Lipinski definition) is 0. The van der Waals surface area contributed by atoms with Crippen LogP contribution in [0.25, 0.3) is 11.1 Å². The molecule has 3 aromatic rings. The maximum absolute atomic E-state index is 5.69. The maximum Gasteiger partial charge on any atom is 0.223 e. The van der Waals surface area contributed by atoms with Gasteiger partial charge in [0.25, 0.3) is 0 Å². The summed E-state index contributed by atoms with van der Waals surface area (Å²) in [5, 5.41) is 0. The van der Waals surface area contributed by atoms with Crippen molar-refractivity contribution in [1.82, 2.24) is 0 Å². The molecule has 0 spiro atoms. The van der Waals surface area contributed by atoms with Gasteiger partial charge in [-0.15, -0.1) is 0 Å². The van der Waals surface area contributed by atoms with Gasteiger partial charge in [-0.3, -0.25) is 0 Å². The second-order valence-electron chi connectivity index (χ2n) is 4.22. The highest BCUT2D eigenvalue weighted by Crippen LogP contribution is 2.21. The van der Waals surface area contributed by atoms with Crippen molar-refractivity contribution >= 4 is 0 Å². The highest BCUT2D eigenvalue weighted by Gasteiger charge is 2.03. The predicted octanol–water partition coefficient (Wildman–Crippen LogP) is 3.48. The fourth-order valence-corrected chi connectivity index (χ4v) is 1.90. The molecule has 0 atom stereocenters. The molecule has 0 bridgehead atoms. The standard InChI is InChI=1S/C17H14NO/c1-3-7-15(8-4-1)16-9-11-17(12-10-16)19-18-13-5-2-6-14-18/h1-14H/q+1. The van der Waals surface area contributed by atoms with Crippen LogP contribution in [0.3, 0.4) is 0 Å². The number of benzene rings is 2. The largest absolute Gasteiger partial charge is 0.232 e. The van der Waals surface area contributed by atoms with Crippen LogP contribution in [0.4, 0.5) is 0 Å². The summed E-state index contributed by atoms with van der Waals surface area (Å²) in [5.41, 5.74) is 2.40. The fourth-order valence-electron chi connectivity index (χ4n) is 1.90. The van der Waals surface area contributed by atoms with Gasteiger partial charge in [0.05, 0.1) is 0 Å². The first-order valence-electron chi connectivity index (χ1n) is 6.22. The Bertz CT molecular complexity index is 633. The van der Waals surface area contributed by atoms with E-state index in [1.165, 1.54) is 11.1 Å². The first-order valence-corrected chi connectivity index (χ1v) is 6.22. The summed E-state index contributed by atoms with van der Waals surface area (Å²) in [6.07, 6.45) is 3.73. The summed E-state index contributed by atoms with van der Waals surface area (Å²) in [6.45, 7) is 0. The van der Waals surface area contributed by atoms with Crippen LogP contribution in [0.15, 0.2) is 85.2 Å². The lowest BCUT2D eigenvalue weighted by Crippen LogP contribution is -2.38. The first-order chi connectivity index (χ1) is 9.42. The van der Waals surface area contributed by atoms with Gasteiger partial charge in [-0.25, -0.2) is 4.84 Å². The molecule has 0 fully saturated rings. The summed E-state index contributed by atoms with van der Waals surface area (Å²) in [4.78, 5) is 5.69. The quantitative estimate of drug-likeness (QED) is 0.647. The first kappa shape index (κ1) is 11.5. The Morgan fingerprint density at radius 3 is 1.84 bits per heavy atom. The van der Waals surface area contributed by atoms with Crippen molar-refractivity contribution in [2.75, 3.05) is 0 Å². The summed E-state index contributed by atoms with van der Waals surface area (Å²) in [7, 11) is 0. The summed E-state index contributed by atoms with van der Waals surface area (Å²) in [5.74, 6) is 0.816. The molecular formula is C17H14NO+. The minimum Gasteiger partial charge on any atom is -0.232 e. The Hall–Kier alpha value is -2.61. The molecule has 0 amide bonds. The third kappa shape index (κ3) is 2.80. The lowest BCUT2D eigenvalue weighted by Gasteiger charge is -2.02. The van der Waals surface area contributed by atoms with E-state index in [0.717, 1.165) is 5.75 Å².